The van der Waals surface area contributed by atoms with E-state index >= 15 is 0 Å². The van der Waals surface area contributed by atoms with Crippen LogP contribution in [0.1, 0.15) is 28.4 Å². The van der Waals surface area contributed by atoms with E-state index in [-0.39, 0.29) is 5.78 Å². The van der Waals surface area contributed by atoms with Gasteiger partial charge in [0, 0.05) is 17.0 Å². The molecule has 0 bridgehead atoms. The zero-order chi connectivity index (χ0) is 13.8. The molecule has 0 fully saturated rings. The first-order chi connectivity index (χ1) is 9.10. The van der Waals surface area contributed by atoms with E-state index in [9.17, 15) is 4.79 Å². The summed E-state index contributed by atoms with van der Waals surface area (Å²) in [4.78, 5) is 12.2. The van der Waals surface area contributed by atoms with Crippen molar-refractivity contribution in [2.24, 2.45) is 0 Å². The second kappa shape index (κ2) is 6.23. The van der Waals surface area contributed by atoms with Crippen molar-refractivity contribution in [1.29, 1.82) is 0 Å². The molecule has 1 nitrogen and oxygen atoms in total. The van der Waals surface area contributed by atoms with Crippen LogP contribution in [0.3, 0.4) is 0 Å². The highest BCUT2D eigenvalue weighted by Crippen LogP contribution is 2.22. The number of carbonyl (C=O) groups excluding carboxylic acids is 1. The Morgan fingerprint density at radius 2 is 1.63 bits per heavy atom. The van der Waals surface area contributed by atoms with Crippen LogP contribution in [0.2, 0.25) is 10.0 Å². The minimum Gasteiger partial charge on any atom is -0.294 e. The summed E-state index contributed by atoms with van der Waals surface area (Å²) in [6.45, 7) is 2.10. The van der Waals surface area contributed by atoms with Crippen LogP contribution in [-0.2, 0) is 12.8 Å². The molecule has 2 rings (SSSR count). The minimum absolute atomic E-state index is 0.0169. The van der Waals surface area contributed by atoms with E-state index in [0.717, 1.165) is 12.0 Å². The Hall–Kier alpha value is -1.31. The smallest absolute Gasteiger partial charge is 0.168 e. The molecule has 0 heterocycles. The Morgan fingerprint density at radius 3 is 2.26 bits per heavy atom. The van der Waals surface area contributed by atoms with Crippen molar-refractivity contribution in [3.63, 3.8) is 0 Å². The Balaban J connectivity index is 2.18. The first-order valence-corrected chi connectivity index (χ1v) is 6.92. The van der Waals surface area contributed by atoms with E-state index in [4.69, 9.17) is 23.2 Å². The maximum atomic E-state index is 12.2. The summed E-state index contributed by atoms with van der Waals surface area (Å²) < 4.78 is 0. The molecule has 0 aliphatic rings. The average molecular weight is 293 g/mol. The SMILES string of the molecule is CCc1ccc(CC(=O)c2cc(Cl)ccc2Cl)cc1. The molecule has 0 saturated heterocycles. The van der Waals surface area contributed by atoms with Gasteiger partial charge in [-0.15, -0.1) is 0 Å². The fraction of sp³-hybridized carbons (Fsp3) is 0.188. The van der Waals surface area contributed by atoms with Crippen molar-refractivity contribution < 1.29 is 4.79 Å². The van der Waals surface area contributed by atoms with Gasteiger partial charge in [0.15, 0.2) is 5.78 Å². The lowest BCUT2D eigenvalue weighted by Crippen LogP contribution is -2.04. The van der Waals surface area contributed by atoms with Gasteiger partial charge < -0.3 is 0 Å². The molecule has 0 aliphatic carbocycles. The molecule has 0 atom stereocenters. The number of benzene rings is 2. The number of ketones is 1. The van der Waals surface area contributed by atoms with Gasteiger partial charge in [-0.3, -0.25) is 4.79 Å². The molecular formula is C16H14Cl2O. The quantitative estimate of drug-likeness (QED) is 0.726. The van der Waals surface area contributed by atoms with Gasteiger partial charge in [-0.25, -0.2) is 0 Å². The molecule has 0 unspecified atom stereocenters. The van der Waals surface area contributed by atoms with Crippen LogP contribution < -0.4 is 0 Å². The summed E-state index contributed by atoms with van der Waals surface area (Å²) in [7, 11) is 0. The molecule has 2 aromatic rings. The third-order valence-corrected chi connectivity index (χ3v) is 3.59. The molecular weight excluding hydrogens is 279 g/mol. The predicted octanol–water partition coefficient (Wildman–Crippen LogP) is 4.98. The predicted molar refractivity (Wildman–Crippen MR) is 80.3 cm³/mol. The second-order valence-corrected chi connectivity index (χ2v) is 5.24. The van der Waals surface area contributed by atoms with Gasteiger partial charge in [-0.1, -0.05) is 54.4 Å². The number of rotatable bonds is 4. The molecule has 3 heteroatoms. The molecule has 0 spiro atoms. The molecule has 0 N–H and O–H groups in total. The maximum Gasteiger partial charge on any atom is 0.168 e. The van der Waals surface area contributed by atoms with Crippen molar-refractivity contribution in [3.8, 4) is 0 Å². The fourth-order valence-corrected chi connectivity index (χ4v) is 2.28. The van der Waals surface area contributed by atoms with E-state index in [2.05, 4.69) is 6.92 Å². The summed E-state index contributed by atoms with van der Waals surface area (Å²) in [5.41, 5.74) is 2.73. The molecule has 0 amide bonds. The Kier molecular flexibility index (Phi) is 4.62. The average Bonchev–Trinajstić information content (AvgIpc) is 2.42. The van der Waals surface area contributed by atoms with Gasteiger partial charge in [0.05, 0.1) is 5.02 Å². The zero-order valence-electron chi connectivity index (χ0n) is 10.6. The van der Waals surface area contributed by atoms with Gasteiger partial charge in [0.2, 0.25) is 0 Å². The summed E-state index contributed by atoms with van der Waals surface area (Å²) in [5, 5.41) is 0.966. The highest BCUT2D eigenvalue weighted by atomic mass is 35.5. The largest absolute Gasteiger partial charge is 0.294 e. The maximum absolute atomic E-state index is 12.2. The van der Waals surface area contributed by atoms with Crippen LogP contribution in [0, 0.1) is 0 Å². The first-order valence-electron chi connectivity index (χ1n) is 6.16. The molecule has 0 radical (unpaired) electrons. The fourth-order valence-electron chi connectivity index (χ4n) is 1.88. The van der Waals surface area contributed by atoms with Crippen molar-refractivity contribution in [2.75, 3.05) is 0 Å². The number of Topliss-reactive ketones (excluding diaryl/α,β-unsaturated/α-hetero) is 1. The molecule has 2 aromatic carbocycles. The topological polar surface area (TPSA) is 17.1 Å². The van der Waals surface area contributed by atoms with Gasteiger partial charge in [0.1, 0.15) is 0 Å². The highest BCUT2D eigenvalue weighted by molar-refractivity contribution is 6.35. The summed E-state index contributed by atoms with van der Waals surface area (Å²) in [5.74, 6) is -0.0169. The second-order valence-electron chi connectivity index (χ2n) is 4.39. The minimum atomic E-state index is -0.0169. The Bertz CT molecular complexity index is 588. The van der Waals surface area contributed by atoms with E-state index in [1.54, 1.807) is 18.2 Å². The van der Waals surface area contributed by atoms with Crippen molar-refractivity contribution >= 4 is 29.0 Å². The lowest BCUT2D eigenvalue weighted by atomic mass is 10.0. The van der Waals surface area contributed by atoms with Crippen molar-refractivity contribution in [2.45, 2.75) is 19.8 Å². The van der Waals surface area contributed by atoms with Crippen molar-refractivity contribution in [1.82, 2.24) is 0 Å². The van der Waals surface area contributed by atoms with Crippen LogP contribution >= 0.6 is 23.2 Å². The summed E-state index contributed by atoms with van der Waals surface area (Å²) in [6, 6.07) is 13.0. The number of hydrogen-bond acceptors (Lipinski definition) is 1. The number of hydrogen-bond donors (Lipinski definition) is 0. The molecule has 19 heavy (non-hydrogen) atoms. The van der Waals surface area contributed by atoms with E-state index in [1.165, 1.54) is 5.56 Å². The summed E-state index contributed by atoms with van der Waals surface area (Å²) >= 11 is 11.9. The monoisotopic (exact) mass is 292 g/mol. The Morgan fingerprint density at radius 1 is 1.00 bits per heavy atom. The van der Waals surface area contributed by atoms with E-state index < -0.39 is 0 Å². The number of aryl methyl sites for hydroxylation is 1. The van der Waals surface area contributed by atoms with Gasteiger partial charge in [-0.2, -0.15) is 0 Å². The third kappa shape index (κ3) is 3.59. The first kappa shape index (κ1) is 14.1. The third-order valence-electron chi connectivity index (χ3n) is 3.02. The van der Waals surface area contributed by atoms with Gasteiger partial charge in [0.25, 0.3) is 0 Å². The summed E-state index contributed by atoms with van der Waals surface area (Å²) in [6.07, 6.45) is 1.33. The molecule has 98 valence electrons. The van der Waals surface area contributed by atoms with Gasteiger partial charge >= 0.3 is 0 Å². The molecule has 0 aromatic heterocycles. The van der Waals surface area contributed by atoms with Crippen LogP contribution in [0.4, 0.5) is 0 Å². The van der Waals surface area contributed by atoms with Crippen molar-refractivity contribution in [3.05, 3.63) is 69.2 Å². The van der Waals surface area contributed by atoms with Crippen LogP contribution in [0.15, 0.2) is 42.5 Å². The van der Waals surface area contributed by atoms with Crippen LogP contribution in [-0.4, -0.2) is 5.78 Å². The lowest BCUT2D eigenvalue weighted by Gasteiger charge is -2.05. The number of carbonyl (C=O) groups is 1. The zero-order valence-corrected chi connectivity index (χ0v) is 12.1. The standard InChI is InChI=1S/C16H14Cl2O/c1-2-11-3-5-12(6-4-11)9-16(19)14-10-13(17)7-8-15(14)18/h3-8,10H,2,9H2,1H3. The normalized spacial score (nSPS) is 10.5. The van der Waals surface area contributed by atoms with Crippen LogP contribution in [0.5, 0.6) is 0 Å². The van der Waals surface area contributed by atoms with E-state index in [1.807, 2.05) is 24.3 Å². The van der Waals surface area contributed by atoms with Crippen LogP contribution in [0.25, 0.3) is 0 Å². The number of halogens is 2. The molecule has 0 saturated carbocycles. The Labute approximate surface area is 123 Å². The lowest BCUT2D eigenvalue weighted by molar-refractivity contribution is 0.0993. The highest BCUT2D eigenvalue weighted by Gasteiger charge is 2.11. The van der Waals surface area contributed by atoms with Gasteiger partial charge in [-0.05, 0) is 35.7 Å². The van der Waals surface area contributed by atoms with E-state index in [0.29, 0.717) is 22.0 Å². The molecule has 0 aliphatic heterocycles.